The second kappa shape index (κ2) is 5.41. The van der Waals surface area contributed by atoms with Gasteiger partial charge in [-0.1, -0.05) is 25.4 Å². The number of carbonyl (C=O) groups is 1. The average Bonchev–Trinajstić information content (AvgIpc) is 2.36. The Bertz CT molecular complexity index is 489. The fourth-order valence-corrected chi connectivity index (χ4v) is 3.02. The Labute approximate surface area is 119 Å². The molecule has 0 aliphatic carbocycles. The number of hydrogen-bond acceptors (Lipinski definition) is 2. The van der Waals surface area contributed by atoms with E-state index in [1.165, 1.54) is 0 Å². The first-order chi connectivity index (χ1) is 8.90. The second-order valence-electron chi connectivity index (χ2n) is 5.75. The minimum absolute atomic E-state index is 0.00843. The molecular weight excluding hydrogens is 260 g/mol. The van der Waals surface area contributed by atoms with E-state index in [0.29, 0.717) is 28.1 Å². The molecule has 2 N–H and O–H groups in total. The van der Waals surface area contributed by atoms with Crippen LogP contribution >= 0.6 is 11.6 Å². The summed E-state index contributed by atoms with van der Waals surface area (Å²) in [6, 6.07) is 5.30. The Balaban J connectivity index is 2.30. The van der Waals surface area contributed by atoms with Crippen LogP contribution in [0.3, 0.4) is 0 Å². The van der Waals surface area contributed by atoms with Gasteiger partial charge in [0.2, 0.25) is 0 Å². The van der Waals surface area contributed by atoms with Gasteiger partial charge in [0.1, 0.15) is 0 Å². The number of nitrogens with zero attached hydrogens (tertiary/aromatic N) is 1. The minimum Gasteiger partial charge on any atom is -0.398 e. The molecule has 1 aliphatic heterocycles. The SMILES string of the molecule is CC1CC(C)C(C)N(C(=O)c2cc(Cl)ccc2N)C1. The molecule has 19 heavy (non-hydrogen) atoms. The number of anilines is 1. The summed E-state index contributed by atoms with van der Waals surface area (Å²) in [5, 5.41) is 0.545. The molecule has 1 aliphatic rings. The third kappa shape index (κ3) is 2.86. The molecule has 1 fully saturated rings. The highest BCUT2D eigenvalue weighted by Crippen LogP contribution is 2.29. The quantitative estimate of drug-likeness (QED) is 0.801. The molecule has 1 saturated heterocycles. The van der Waals surface area contributed by atoms with Gasteiger partial charge in [0.05, 0.1) is 5.56 Å². The maximum absolute atomic E-state index is 12.7. The lowest BCUT2D eigenvalue weighted by atomic mass is 9.85. The molecule has 1 heterocycles. The number of likely N-dealkylation sites (tertiary alicyclic amines) is 1. The smallest absolute Gasteiger partial charge is 0.256 e. The summed E-state index contributed by atoms with van der Waals surface area (Å²) in [5.74, 6) is 1.02. The van der Waals surface area contributed by atoms with Crippen LogP contribution in [0.2, 0.25) is 5.02 Å². The lowest BCUT2D eigenvalue weighted by Gasteiger charge is -2.41. The number of rotatable bonds is 1. The van der Waals surface area contributed by atoms with Crippen molar-refractivity contribution in [1.82, 2.24) is 4.90 Å². The van der Waals surface area contributed by atoms with Gasteiger partial charge < -0.3 is 10.6 Å². The lowest BCUT2D eigenvalue weighted by Crippen LogP contribution is -2.49. The molecule has 4 heteroatoms. The zero-order chi connectivity index (χ0) is 14.2. The van der Waals surface area contributed by atoms with Gasteiger partial charge in [-0.15, -0.1) is 0 Å². The van der Waals surface area contributed by atoms with E-state index in [4.69, 9.17) is 17.3 Å². The van der Waals surface area contributed by atoms with Crippen LogP contribution in [0.4, 0.5) is 5.69 Å². The van der Waals surface area contributed by atoms with Crippen molar-refractivity contribution in [2.24, 2.45) is 11.8 Å². The van der Waals surface area contributed by atoms with Gasteiger partial charge in [-0.2, -0.15) is 0 Å². The molecule has 2 rings (SSSR count). The number of nitrogens with two attached hydrogens (primary N) is 1. The highest BCUT2D eigenvalue weighted by atomic mass is 35.5. The zero-order valence-electron chi connectivity index (χ0n) is 11.7. The van der Waals surface area contributed by atoms with E-state index in [9.17, 15) is 4.79 Å². The van der Waals surface area contributed by atoms with Crippen LogP contribution in [0.1, 0.15) is 37.6 Å². The van der Waals surface area contributed by atoms with E-state index in [0.717, 1.165) is 13.0 Å². The van der Waals surface area contributed by atoms with Gasteiger partial charge >= 0.3 is 0 Å². The molecular formula is C15H21ClN2O. The average molecular weight is 281 g/mol. The predicted octanol–water partition coefficient (Wildman–Crippen LogP) is 3.43. The molecule has 0 saturated carbocycles. The summed E-state index contributed by atoms with van der Waals surface area (Å²) in [5.41, 5.74) is 6.91. The number of nitrogen functional groups attached to an aromatic ring is 1. The monoisotopic (exact) mass is 280 g/mol. The van der Waals surface area contributed by atoms with Crippen molar-refractivity contribution < 1.29 is 4.79 Å². The third-order valence-corrected chi connectivity index (χ3v) is 4.34. The van der Waals surface area contributed by atoms with Gasteiger partial charge in [0.25, 0.3) is 5.91 Å². The number of amides is 1. The molecule has 0 radical (unpaired) electrons. The van der Waals surface area contributed by atoms with Crippen molar-refractivity contribution in [3.63, 3.8) is 0 Å². The van der Waals surface area contributed by atoms with Crippen molar-refractivity contribution >= 4 is 23.2 Å². The topological polar surface area (TPSA) is 46.3 Å². The number of benzene rings is 1. The van der Waals surface area contributed by atoms with Gasteiger partial charge in [-0.25, -0.2) is 0 Å². The van der Waals surface area contributed by atoms with Gasteiger partial charge in [-0.3, -0.25) is 4.79 Å². The molecule has 0 aromatic heterocycles. The van der Waals surface area contributed by atoms with E-state index < -0.39 is 0 Å². The summed E-state index contributed by atoms with van der Waals surface area (Å²) in [6.07, 6.45) is 1.16. The Kier molecular flexibility index (Phi) is 4.04. The zero-order valence-corrected chi connectivity index (χ0v) is 12.4. The molecule has 1 aromatic rings. The summed E-state index contributed by atoms with van der Waals surface area (Å²) < 4.78 is 0. The number of piperidine rings is 1. The maximum Gasteiger partial charge on any atom is 0.256 e. The lowest BCUT2D eigenvalue weighted by molar-refractivity contribution is 0.0457. The summed E-state index contributed by atoms with van der Waals surface area (Å²) in [6.45, 7) is 7.28. The van der Waals surface area contributed by atoms with Crippen molar-refractivity contribution in [3.05, 3.63) is 28.8 Å². The van der Waals surface area contributed by atoms with Crippen molar-refractivity contribution in [1.29, 1.82) is 0 Å². The van der Waals surface area contributed by atoms with Crippen molar-refractivity contribution in [3.8, 4) is 0 Å². The fourth-order valence-electron chi connectivity index (χ4n) is 2.85. The number of hydrogen-bond donors (Lipinski definition) is 1. The molecule has 104 valence electrons. The van der Waals surface area contributed by atoms with Crippen LogP contribution in [0.5, 0.6) is 0 Å². The molecule has 1 amide bonds. The van der Waals surface area contributed by atoms with E-state index >= 15 is 0 Å². The minimum atomic E-state index is -0.00843. The Morgan fingerprint density at radius 3 is 2.74 bits per heavy atom. The van der Waals surface area contributed by atoms with Crippen LogP contribution in [0.15, 0.2) is 18.2 Å². The highest BCUT2D eigenvalue weighted by Gasteiger charge is 2.32. The Morgan fingerprint density at radius 1 is 1.37 bits per heavy atom. The highest BCUT2D eigenvalue weighted by molar-refractivity contribution is 6.31. The molecule has 0 spiro atoms. The molecule has 3 atom stereocenters. The van der Waals surface area contributed by atoms with E-state index in [-0.39, 0.29) is 11.9 Å². The maximum atomic E-state index is 12.7. The standard InChI is InChI=1S/C15H21ClN2O/c1-9-6-10(2)11(3)18(8-9)15(19)13-7-12(16)4-5-14(13)17/h4-5,7,9-11H,6,8,17H2,1-3H3. The Morgan fingerprint density at radius 2 is 2.05 bits per heavy atom. The normalized spacial score (nSPS) is 27.4. The molecule has 0 bridgehead atoms. The first-order valence-electron chi connectivity index (χ1n) is 6.76. The third-order valence-electron chi connectivity index (χ3n) is 4.10. The first kappa shape index (κ1) is 14.2. The van der Waals surface area contributed by atoms with E-state index in [2.05, 4.69) is 20.8 Å². The van der Waals surface area contributed by atoms with Crippen LogP contribution in [0, 0.1) is 11.8 Å². The number of halogens is 1. The molecule has 3 unspecified atom stereocenters. The summed E-state index contributed by atoms with van der Waals surface area (Å²) >= 11 is 5.97. The van der Waals surface area contributed by atoms with Gasteiger partial charge in [-0.05, 0) is 43.4 Å². The predicted molar refractivity (Wildman–Crippen MR) is 79.3 cm³/mol. The van der Waals surface area contributed by atoms with Gasteiger partial charge in [0, 0.05) is 23.3 Å². The number of carbonyl (C=O) groups excluding carboxylic acids is 1. The molecule has 3 nitrogen and oxygen atoms in total. The largest absolute Gasteiger partial charge is 0.398 e. The van der Waals surface area contributed by atoms with Crippen LogP contribution < -0.4 is 5.73 Å². The van der Waals surface area contributed by atoms with Crippen LogP contribution in [0.25, 0.3) is 0 Å². The van der Waals surface area contributed by atoms with Crippen molar-refractivity contribution in [2.45, 2.75) is 33.2 Å². The molecule has 1 aromatic carbocycles. The summed E-state index contributed by atoms with van der Waals surface area (Å²) in [7, 11) is 0. The van der Waals surface area contributed by atoms with Gasteiger partial charge in [0.15, 0.2) is 0 Å². The summed E-state index contributed by atoms with van der Waals surface area (Å²) in [4.78, 5) is 14.6. The second-order valence-corrected chi connectivity index (χ2v) is 6.18. The van der Waals surface area contributed by atoms with E-state index in [1.807, 2.05) is 4.90 Å². The van der Waals surface area contributed by atoms with Crippen LogP contribution in [-0.4, -0.2) is 23.4 Å². The fraction of sp³-hybridized carbons (Fsp3) is 0.533. The van der Waals surface area contributed by atoms with Crippen molar-refractivity contribution in [2.75, 3.05) is 12.3 Å². The van der Waals surface area contributed by atoms with Crippen LogP contribution in [-0.2, 0) is 0 Å². The Hall–Kier alpha value is -1.22. The van der Waals surface area contributed by atoms with E-state index in [1.54, 1.807) is 18.2 Å². The first-order valence-corrected chi connectivity index (χ1v) is 7.14.